The molecule has 0 spiro atoms. The lowest BCUT2D eigenvalue weighted by Gasteiger charge is -2.09. The molecule has 3 aromatic rings. The molecule has 0 unspecified atom stereocenters. The van der Waals surface area contributed by atoms with Crippen molar-refractivity contribution in [2.45, 2.75) is 19.4 Å². The van der Waals surface area contributed by atoms with Crippen molar-refractivity contribution >= 4 is 17.5 Å². The number of carbonyl (C=O) groups excluding carboxylic acids is 1. The molecule has 28 heavy (non-hydrogen) atoms. The van der Waals surface area contributed by atoms with Gasteiger partial charge in [0.1, 0.15) is 5.82 Å². The fourth-order valence-corrected chi connectivity index (χ4v) is 2.92. The van der Waals surface area contributed by atoms with Crippen LogP contribution in [0.5, 0.6) is 0 Å². The summed E-state index contributed by atoms with van der Waals surface area (Å²) in [6.07, 6.45) is 0.756. The molecule has 0 radical (unpaired) electrons. The highest BCUT2D eigenvalue weighted by atomic mass is 35.5. The van der Waals surface area contributed by atoms with Crippen LogP contribution in [-0.4, -0.2) is 22.2 Å². The van der Waals surface area contributed by atoms with Crippen molar-refractivity contribution in [1.29, 1.82) is 0 Å². The average molecular weight is 400 g/mol. The number of nitrogens with one attached hydrogen (secondary N) is 1. The summed E-state index contributed by atoms with van der Waals surface area (Å²) in [6, 6.07) is 16.2. The fourth-order valence-electron chi connectivity index (χ4n) is 2.72. The van der Waals surface area contributed by atoms with E-state index in [0.717, 1.165) is 11.1 Å². The molecule has 0 aliphatic rings. The van der Waals surface area contributed by atoms with Gasteiger partial charge >= 0.3 is 0 Å². The molecule has 3 rings (SSSR count). The highest BCUT2D eigenvalue weighted by molar-refractivity contribution is 6.31. The third-order valence-electron chi connectivity index (χ3n) is 4.18. The molecule has 0 saturated heterocycles. The summed E-state index contributed by atoms with van der Waals surface area (Å²) in [5.41, 5.74) is 1.85. The quantitative estimate of drug-likeness (QED) is 0.619. The first-order valence-corrected chi connectivity index (χ1v) is 9.25. The van der Waals surface area contributed by atoms with E-state index >= 15 is 0 Å². The molecule has 0 saturated carbocycles. The van der Waals surface area contributed by atoms with Crippen LogP contribution in [0.15, 0.2) is 65.5 Å². The van der Waals surface area contributed by atoms with Crippen LogP contribution in [0.4, 0.5) is 4.39 Å². The van der Waals surface area contributed by atoms with Crippen molar-refractivity contribution in [3.8, 4) is 11.3 Å². The zero-order valence-electron chi connectivity index (χ0n) is 15.1. The second-order valence-electron chi connectivity index (χ2n) is 6.26. The van der Waals surface area contributed by atoms with E-state index in [1.165, 1.54) is 22.9 Å². The van der Waals surface area contributed by atoms with E-state index < -0.39 is 0 Å². The monoisotopic (exact) mass is 399 g/mol. The molecule has 1 aromatic heterocycles. The van der Waals surface area contributed by atoms with Gasteiger partial charge in [-0.3, -0.25) is 9.59 Å². The summed E-state index contributed by atoms with van der Waals surface area (Å²) in [4.78, 5) is 24.0. The lowest BCUT2D eigenvalue weighted by molar-refractivity contribution is -0.120. The number of nitrogens with zero attached hydrogens (tertiary/aromatic N) is 2. The minimum atomic E-state index is -0.329. The molecule has 1 amide bonds. The van der Waals surface area contributed by atoms with E-state index in [1.807, 2.05) is 18.2 Å². The first-order chi connectivity index (χ1) is 13.5. The standard InChI is InChI=1S/C21H19ClFN3O2/c22-18-5-2-1-4-16(18)14-20(27)24-12-3-13-26-21(28)11-10-19(25-26)15-6-8-17(23)9-7-15/h1-2,4-11H,3,12-14H2,(H,24,27). The molecular weight excluding hydrogens is 381 g/mol. The first kappa shape index (κ1) is 19.8. The first-order valence-electron chi connectivity index (χ1n) is 8.87. The zero-order valence-corrected chi connectivity index (χ0v) is 15.8. The van der Waals surface area contributed by atoms with Gasteiger partial charge in [-0.2, -0.15) is 5.10 Å². The minimum absolute atomic E-state index is 0.131. The van der Waals surface area contributed by atoms with Crippen LogP contribution in [0.1, 0.15) is 12.0 Å². The number of carbonyl (C=O) groups is 1. The Morgan fingerprint density at radius 1 is 1.07 bits per heavy atom. The molecule has 0 aliphatic heterocycles. The summed E-state index contributed by atoms with van der Waals surface area (Å²) in [5, 5.41) is 7.70. The third kappa shape index (κ3) is 5.27. The van der Waals surface area contributed by atoms with E-state index in [0.29, 0.717) is 30.2 Å². The van der Waals surface area contributed by atoms with Crippen molar-refractivity contribution in [3.63, 3.8) is 0 Å². The van der Waals surface area contributed by atoms with E-state index in [2.05, 4.69) is 10.4 Å². The number of aromatic nitrogens is 2. The number of aryl methyl sites for hydroxylation is 1. The lowest BCUT2D eigenvalue weighted by Crippen LogP contribution is -2.29. The summed E-state index contributed by atoms with van der Waals surface area (Å²) in [7, 11) is 0. The van der Waals surface area contributed by atoms with Crippen LogP contribution < -0.4 is 10.9 Å². The van der Waals surface area contributed by atoms with Gasteiger partial charge in [0, 0.05) is 29.7 Å². The van der Waals surface area contributed by atoms with Gasteiger partial charge in [-0.05, 0) is 48.4 Å². The van der Waals surface area contributed by atoms with Crippen LogP contribution in [0, 0.1) is 5.82 Å². The largest absolute Gasteiger partial charge is 0.356 e. The number of rotatable bonds is 7. The molecule has 0 aliphatic carbocycles. The molecule has 2 aromatic carbocycles. The number of benzene rings is 2. The topological polar surface area (TPSA) is 64.0 Å². The van der Waals surface area contributed by atoms with Crippen molar-refractivity contribution in [3.05, 3.63) is 87.4 Å². The van der Waals surface area contributed by atoms with Crippen molar-refractivity contribution in [1.82, 2.24) is 15.1 Å². The summed E-state index contributed by atoms with van der Waals surface area (Å²) in [5.74, 6) is -0.460. The molecule has 0 bridgehead atoms. The Balaban J connectivity index is 1.54. The van der Waals surface area contributed by atoms with Crippen molar-refractivity contribution in [2.24, 2.45) is 0 Å². The molecule has 5 nitrogen and oxygen atoms in total. The number of hydrogen-bond acceptors (Lipinski definition) is 3. The Kier molecular flexibility index (Phi) is 6.55. The van der Waals surface area contributed by atoms with Crippen molar-refractivity contribution < 1.29 is 9.18 Å². The molecule has 0 atom stereocenters. The molecule has 7 heteroatoms. The minimum Gasteiger partial charge on any atom is -0.356 e. The van der Waals surface area contributed by atoms with Gasteiger partial charge in [-0.15, -0.1) is 0 Å². The smallest absolute Gasteiger partial charge is 0.266 e. The van der Waals surface area contributed by atoms with E-state index in [4.69, 9.17) is 11.6 Å². The number of amides is 1. The van der Waals surface area contributed by atoms with E-state index in [9.17, 15) is 14.0 Å². The Hall–Kier alpha value is -2.99. The lowest BCUT2D eigenvalue weighted by atomic mass is 10.1. The van der Waals surface area contributed by atoms with Gasteiger partial charge in [0.05, 0.1) is 12.1 Å². The van der Waals surface area contributed by atoms with E-state index in [1.54, 1.807) is 24.3 Å². The van der Waals surface area contributed by atoms with Crippen LogP contribution >= 0.6 is 11.6 Å². The van der Waals surface area contributed by atoms with Crippen LogP contribution in [0.3, 0.4) is 0 Å². The predicted octanol–water partition coefficient (Wildman–Crippen LogP) is 3.45. The van der Waals surface area contributed by atoms with Gasteiger partial charge in [0.25, 0.3) is 5.56 Å². The Bertz CT molecular complexity index is 1020. The maximum atomic E-state index is 13.1. The molecule has 1 N–H and O–H groups in total. The Morgan fingerprint density at radius 3 is 2.57 bits per heavy atom. The van der Waals surface area contributed by atoms with Crippen molar-refractivity contribution in [2.75, 3.05) is 6.54 Å². The molecular formula is C21H19ClFN3O2. The number of hydrogen-bond donors (Lipinski definition) is 1. The SMILES string of the molecule is O=C(Cc1ccccc1Cl)NCCCn1nc(-c2ccc(F)cc2)ccc1=O. The second-order valence-corrected chi connectivity index (χ2v) is 6.67. The van der Waals surface area contributed by atoms with Gasteiger partial charge in [0.15, 0.2) is 0 Å². The predicted molar refractivity (Wildman–Crippen MR) is 107 cm³/mol. The van der Waals surface area contributed by atoms with Gasteiger partial charge in [-0.25, -0.2) is 9.07 Å². The van der Waals surface area contributed by atoms with Gasteiger partial charge < -0.3 is 5.32 Å². The average Bonchev–Trinajstić information content (AvgIpc) is 2.69. The fraction of sp³-hybridized carbons (Fsp3) is 0.190. The summed E-state index contributed by atoms with van der Waals surface area (Å²) in [6.45, 7) is 0.776. The molecule has 0 fully saturated rings. The van der Waals surface area contributed by atoms with Crippen LogP contribution in [-0.2, 0) is 17.8 Å². The van der Waals surface area contributed by atoms with Gasteiger partial charge in [0.2, 0.25) is 5.91 Å². The molecule has 1 heterocycles. The maximum Gasteiger partial charge on any atom is 0.266 e. The summed E-state index contributed by atoms with van der Waals surface area (Å²) < 4.78 is 14.4. The van der Waals surface area contributed by atoms with E-state index in [-0.39, 0.29) is 23.7 Å². The Labute approximate surface area is 166 Å². The van der Waals surface area contributed by atoms with Crippen LogP contribution in [0.25, 0.3) is 11.3 Å². The maximum absolute atomic E-state index is 13.1. The molecule has 144 valence electrons. The third-order valence-corrected chi connectivity index (χ3v) is 4.55. The van der Waals surface area contributed by atoms with Gasteiger partial charge in [-0.1, -0.05) is 29.8 Å². The van der Waals surface area contributed by atoms with Crippen LogP contribution in [0.2, 0.25) is 5.02 Å². The Morgan fingerprint density at radius 2 is 1.82 bits per heavy atom. The normalized spacial score (nSPS) is 10.6. The second kappa shape index (κ2) is 9.28. The summed E-state index contributed by atoms with van der Waals surface area (Å²) >= 11 is 6.05. The highest BCUT2D eigenvalue weighted by Gasteiger charge is 2.07. The number of halogens is 2. The zero-order chi connectivity index (χ0) is 19.9. The highest BCUT2D eigenvalue weighted by Crippen LogP contribution is 2.16.